The molecule has 7 N–H and O–H groups in total. The van der Waals surface area contributed by atoms with Gasteiger partial charge < -0.3 is 31.8 Å². The minimum atomic E-state index is -0.981. The molecule has 12 heteroatoms. The van der Waals surface area contributed by atoms with Crippen LogP contribution in [0.4, 0.5) is 0 Å². The minimum Gasteiger partial charge on any atom is -0.508 e. The van der Waals surface area contributed by atoms with Crippen LogP contribution in [-0.4, -0.2) is 83.3 Å². The molecule has 3 aromatic carbocycles. The number of carbonyl (C=O) groups excluding carboxylic acids is 5. The van der Waals surface area contributed by atoms with E-state index in [0.717, 1.165) is 30.4 Å². The summed E-state index contributed by atoms with van der Waals surface area (Å²) in [5, 5.41) is 22.8. The van der Waals surface area contributed by atoms with Gasteiger partial charge in [-0.1, -0.05) is 101 Å². The number of hydrogen-bond acceptors (Lipinski definition) is 9. The summed E-state index contributed by atoms with van der Waals surface area (Å²) in [5.41, 5.74) is 16.0. The Morgan fingerprint density at radius 1 is 0.733 bits per heavy atom. The molecule has 3 aromatic rings. The molecule has 5 atom stereocenters. The molecule has 3 rings (SSSR count). The van der Waals surface area contributed by atoms with Crippen LogP contribution in [0.5, 0.6) is 5.75 Å². The van der Waals surface area contributed by atoms with Crippen molar-refractivity contribution in [2.24, 2.45) is 23.3 Å². The lowest BCUT2D eigenvalue weighted by Gasteiger charge is -2.31. The number of Topliss-reactive ketones (excluding diaryl/α,β-unsaturated/α-hetero) is 3. The molecule has 0 heterocycles. The van der Waals surface area contributed by atoms with Crippen molar-refractivity contribution in [2.45, 2.75) is 129 Å². The molecule has 0 aliphatic carbocycles. The van der Waals surface area contributed by atoms with Crippen molar-refractivity contribution >= 4 is 36.1 Å². The molecular formula is C48H69BN4O7. The number of nitrogens with two attached hydrogens (primary N) is 2. The van der Waals surface area contributed by atoms with E-state index in [2.05, 4.69) is 36.5 Å². The number of phenols is 1. The highest BCUT2D eigenvalue weighted by Crippen LogP contribution is 2.26. The second kappa shape index (κ2) is 25.9. The van der Waals surface area contributed by atoms with Gasteiger partial charge in [0.15, 0.2) is 17.3 Å². The number of aryl methyl sites for hydroxylation is 1. The number of nitrogens with one attached hydrogen (secondary N) is 1. The molecule has 0 saturated carbocycles. The molecule has 60 heavy (non-hydrogen) atoms. The lowest BCUT2D eigenvalue weighted by atomic mass is 9.58. The quantitative estimate of drug-likeness (QED) is 0.0292. The van der Waals surface area contributed by atoms with Crippen molar-refractivity contribution in [2.75, 3.05) is 20.1 Å². The van der Waals surface area contributed by atoms with Gasteiger partial charge >= 0.3 is 0 Å². The molecule has 0 fully saturated rings. The number of rotatable bonds is 28. The van der Waals surface area contributed by atoms with E-state index in [0.29, 0.717) is 62.7 Å². The number of carbonyl (C=O) groups is 5. The predicted octanol–water partition coefficient (Wildman–Crippen LogP) is 6.96. The Hall–Kier alpha value is -4.65. The second-order valence-electron chi connectivity index (χ2n) is 16.6. The van der Waals surface area contributed by atoms with Crippen LogP contribution in [0, 0.1) is 11.8 Å². The van der Waals surface area contributed by atoms with E-state index in [1.807, 2.05) is 12.1 Å². The summed E-state index contributed by atoms with van der Waals surface area (Å²) in [6.07, 6.45) is 6.67. The monoisotopic (exact) mass is 825 g/mol. The zero-order chi connectivity index (χ0) is 44.2. The molecule has 0 aliphatic rings. The molecule has 0 unspecified atom stereocenters. The highest BCUT2D eigenvalue weighted by atomic mass is 16.3. The van der Waals surface area contributed by atoms with Crippen LogP contribution in [0.2, 0.25) is 12.6 Å². The Morgan fingerprint density at radius 2 is 1.30 bits per heavy atom. The maximum atomic E-state index is 14.4. The molecule has 0 radical (unpaired) electrons. The third kappa shape index (κ3) is 16.1. The fraction of sp³-hybridized carbons (Fsp3) is 0.521. The Bertz CT molecular complexity index is 1800. The van der Waals surface area contributed by atoms with Crippen LogP contribution in [0.3, 0.4) is 0 Å². The Morgan fingerprint density at radius 3 is 1.87 bits per heavy atom. The van der Waals surface area contributed by atoms with Gasteiger partial charge in [-0.2, -0.15) is 0 Å². The van der Waals surface area contributed by atoms with Gasteiger partial charge in [-0.3, -0.25) is 24.0 Å². The summed E-state index contributed by atoms with van der Waals surface area (Å²) in [6, 6.07) is 20.5. The first-order chi connectivity index (χ1) is 28.7. The first kappa shape index (κ1) is 49.7. The normalized spacial score (nSPS) is 13.7. The van der Waals surface area contributed by atoms with E-state index in [1.165, 1.54) is 22.6 Å². The van der Waals surface area contributed by atoms with Gasteiger partial charge in [0, 0.05) is 43.7 Å². The summed E-state index contributed by atoms with van der Waals surface area (Å²) < 4.78 is 0. The third-order valence-corrected chi connectivity index (χ3v) is 11.6. The highest BCUT2D eigenvalue weighted by molar-refractivity contribution is 6.50. The van der Waals surface area contributed by atoms with Crippen LogP contribution in [0.1, 0.15) is 113 Å². The van der Waals surface area contributed by atoms with Crippen molar-refractivity contribution in [3.05, 3.63) is 89.5 Å². The zero-order valence-electron chi connectivity index (χ0n) is 36.5. The average Bonchev–Trinajstić information content (AvgIpc) is 3.24. The minimum absolute atomic E-state index is 0.0502. The topological polar surface area (TPSA) is 193 Å². The lowest BCUT2D eigenvalue weighted by Crippen LogP contribution is -2.48. The van der Waals surface area contributed by atoms with Crippen LogP contribution >= 0.6 is 0 Å². The SMILES string of the molecule is CCCCc1ccc(-c2ccc(C(=O)C[C@@H](CCCCN)C(=O)N(C)[C@@H](Cc3ccc(O)cc3)C(=O)C[C@@H](C)C(=O)N[C@@H](CCCCN)C(=O)C[C@@H](C)B(C)O)cc2)cc1. The first-order valence-corrected chi connectivity index (χ1v) is 21.9. The number of unbranched alkanes of at least 4 members (excludes halogenated alkanes) is 3. The molecule has 326 valence electrons. The van der Waals surface area contributed by atoms with Gasteiger partial charge in [0.05, 0.1) is 12.1 Å². The Balaban J connectivity index is 1.82. The number of amides is 2. The molecule has 0 spiro atoms. The largest absolute Gasteiger partial charge is 0.508 e. The van der Waals surface area contributed by atoms with Gasteiger partial charge in [0.2, 0.25) is 11.8 Å². The number of phenolic OH excluding ortho intramolecular Hbond substituents is 1. The van der Waals surface area contributed by atoms with E-state index in [-0.39, 0.29) is 60.5 Å². The molecule has 0 bridgehead atoms. The van der Waals surface area contributed by atoms with Crippen molar-refractivity contribution in [3.8, 4) is 16.9 Å². The number of aromatic hydroxyl groups is 1. The van der Waals surface area contributed by atoms with Crippen molar-refractivity contribution in [1.29, 1.82) is 0 Å². The summed E-state index contributed by atoms with van der Waals surface area (Å²) in [7, 11) is 1.56. The van der Waals surface area contributed by atoms with Crippen LogP contribution < -0.4 is 16.8 Å². The predicted molar refractivity (Wildman–Crippen MR) is 241 cm³/mol. The van der Waals surface area contributed by atoms with Gasteiger partial charge in [0.1, 0.15) is 5.75 Å². The molecule has 0 aromatic heterocycles. The number of likely N-dealkylation sites (N-methyl/N-ethyl adjacent to an activating group) is 1. The smallest absolute Gasteiger partial charge is 0.289 e. The number of hydrogen-bond donors (Lipinski definition) is 5. The van der Waals surface area contributed by atoms with E-state index < -0.39 is 36.7 Å². The molecular weight excluding hydrogens is 755 g/mol. The fourth-order valence-corrected chi connectivity index (χ4v) is 7.33. The van der Waals surface area contributed by atoms with Crippen LogP contribution in [-0.2, 0) is 32.0 Å². The fourth-order valence-electron chi connectivity index (χ4n) is 7.33. The number of nitrogens with zero attached hydrogens (tertiary/aromatic N) is 1. The van der Waals surface area contributed by atoms with Gasteiger partial charge in [-0.15, -0.1) is 0 Å². The lowest BCUT2D eigenvalue weighted by molar-refractivity contribution is -0.142. The van der Waals surface area contributed by atoms with Crippen LogP contribution in [0.15, 0.2) is 72.8 Å². The Kier molecular flexibility index (Phi) is 21.4. The van der Waals surface area contributed by atoms with Crippen molar-refractivity contribution in [3.63, 3.8) is 0 Å². The summed E-state index contributed by atoms with van der Waals surface area (Å²) in [5.74, 6) is -3.32. The van der Waals surface area contributed by atoms with Gasteiger partial charge in [-0.05, 0) is 105 Å². The van der Waals surface area contributed by atoms with Crippen molar-refractivity contribution in [1.82, 2.24) is 10.2 Å². The molecule has 2 amide bonds. The van der Waals surface area contributed by atoms with E-state index in [1.54, 1.807) is 52.0 Å². The van der Waals surface area contributed by atoms with Gasteiger partial charge in [-0.25, -0.2) is 0 Å². The van der Waals surface area contributed by atoms with Gasteiger partial charge in [0.25, 0.3) is 6.92 Å². The second-order valence-corrected chi connectivity index (χ2v) is 16.6. The summed E-state index contributed by atoms with van der Waals surface area (Å²) >= 11 is 0. The average molecular weight is 825 g/mol. The zero-order valence-corrected chi connectivity index (χ0v) is 36.5. The first-order valence-electron chi connectivity index (χ1n) is 21.9. The van der Waals surface area contributed by atoms with Crippen molar-refractivity contribution < 1.29 is 34.1 Å². The number of benzene rings is 3. The molecule has 0 aliphatic heterocycles. The van der Waals surface area contributed by atoms with E-state index >= 15 is 0 Å². The standard InChI is InChI=1S/C48H69BN4O7/c1-6-7-12-35-15-19-37(20-16-35)38-21-23-39(24-22-38)44(55)32-40(13-8-10-27-50)48(59)53(5)43(31-36-17-25-41(54)26-18-36)46(57)29-33(2)47(58)52-42(14-9-11-28-51)45(56)30-34(3)49(4)60/h15-26,33-34,40,42-43,54,60H,6-14,27-32,50-51H2,1-5H3,(H,52,58)/t33-,34-,40-,42+,43+/m1/s1. The molecule has 11 nitrogen and oxygen atoms in total. The van der Waals surface area contributed by atoms with Crippen LogP contribution in [0.25, 0.3) is 11.1 Å². The summed E-state index contributed by atoms with van der Waals surface area (Å²) in [4.78, 5) is 70.7. The Labute approximate surface area is 358 Å². The molecule has 0 saturated heterocycles. The third-order valence-electron chi connectivity index (χ3n) is 11.6. The maximum absolute atomic E-state index is 14.4. The maximum Gasteiger partial charge on any atom is 0.289 e. The van der Waals surface area contributed by atoms with E-state index in [9.17, 15) is 34.1 Å². The number of ketones is 3. The van der Waals surface area contributed by atoms with E-state index in [4.69, 9.17) is 11.5 Å². The highest BCUT2D eigenvalue weighted by Gasteiger charge is 2.34. The summed E-state index contributed by atoms with van der Waals surface area (Å²) in [6.45, 7) is 7.39.